The molecule has 2 heterocycles. The van der Waals surface area contributed by atoms with Crippen molar-refractivity contribution < 1.29 is 13.2 Å². The van der Waals surface area contributed by atoms with Gasteiger partial charge in [-0.15, -0.1) is 23.7 Å². The van der Waals surface area contributed by atoms with E-state index in [2.05, 4.69) is 10.0 Å². The second-order valence-electron chi connectivity index (χ2n) is 6.28. The number of sulfonamides is 1. The molecular weight excluding hydrogens is 406 g/mol. The van der Waals surface area contributed by atoms with Crippen molar-refractivity contribution in [2.75, 3.05) is 20.1 Å². The molecule has 0 radical (unpaired) electrons. The zero-order valence-corrected chi connectivity index (χ0v) is 17.5. The summed E-state index contributed by atoms with van der Waals surface area (Å²) in [5, 5.41) is 5.03. The number of nitrogens with one attached hydrogen (secondary N) is 2. The van der Waals surface area contributed by atoms with Gasteiger partial charge in [-0.3, -0.25) is 4.79 Å². The first-order valence-corrected chi connectivity index (χ1v) is 11.0. The molecule has 1 amide bonds. The fourth-order valence-electron chi connectivity index (χ4n) is 3.16. The Morgan fingerprint density at radius 1 is 1.26 bits per heavy atom. The number of amides is 1. The molecule has 27 heavy (non-hydrogen) atoms. The van der Waals surface area contributed by atoms with Crippen LogP contribution < -0.4 is 10.0 Å². The van der Waals surface area contributed by atoms with Gasteiger partial charge in [-0.05, 0) is 55.6 Å². The Bertz CT molecular complexity index is 839. The Kier molecular flexibility index (Phi) is 7.81. The lowest BCUT2D eigenvalue weighted by Gasteiger charge is -2.24. The average molecular weight is 430 g/mol. The molecular formula is C18H24ClN3O3S2. The van der Waals surface area contributed by atoms with Crippen molar-refractivity contribution in [1.29, 1.82) is 0 Å². The second kappa shape index (κ2) is 9.66. The van der Waals surface area contributed by atoms with Crippen LogP contribution in [0.15, 0.2) is 46.7 Å². The highest BCUT2D eigenvalue weighted by molar-refractivity contribution is 7.89. The maximum atomic E-state index is 12.7. The third kappa shape index (κ3) is 5.30. The third-order valence-electron chi connectivity index (χ3n) is 4.51. The van der Waals surface area contributed by atoms with Crippen molar-refractivity contribution in [1.82, 2.24) is 14.9 Å². The zero-order chi connectivity index (χ0) is 18.6. The fraction of sp³-hybridized carbons (Fsp3) is 0.389. The summed E-state index contributed by atoms with van der Waals surface area (Å²) in [5.41, 5.74) is 0.519. The van der Waals surface area contributed by atoms with Gasteiger partial charge in [0, 0.05) is 36.1 Å². The summed E-state index contributed by atoms with van der Waals surface area (Å²) in [6, 6.07) is 10.1. The molecule has 1 fully saturated rings. The molecule has 0 bridgehead atoms. The number of halogens is 1. The molecule has 0 spiro atoms. The molecule has 0 aliphatic carbocycles. The molecule has 9 heteroatoms. The maximum Gasteiger partial charge on any atom is 0.254 e. The van der Waals surface area contributed by atoms with E-state index in [0.29, 0.717) is 5.56 Å². The van der Waals surface area contributed by atoms with Crippen LogP contribution in [0.2, 0.25) is 0 Å². The minimum absolute atomic E-state index is 0. The Morgan fingerprint density at radius 2 is 2.00 bits per heavy atom. The van der Waals surface area contributed by atoms with E-state index < -0.39 is 10.0 Å². The minimum Gasteiger partial charge on any atom is -0.334 e. The maximum absolute atomic E-state index is 12.7. The number of rotatable bonds is 7. The molecule has 1 aromatic carbocycles. The van der Waals surface area contributed by atoms with Crippen LogP contribution in [0, 0.1) is 0 Å². The van der Waals surface area contributed by atoms with Crippen molar-refractivity contribution in [3.8, 4) is 0 Å². The monoisotopic (exact) mass is 429 g/mol. The van der Waals surface area contributed by atoms with Gasteiger partial charge in [0.05, 0.1) is 4.90 Å². The number of thiophene rings is 1. The van der Waals surface area contributed by atoms with Crippen molar-refractivity contribution in [2.24, 2.45) is 0 Å². The van der Waals surface area contributed by atoms with Crippen molar-refractivity contribution in [3.63, 3.8) is 0 Å². The summed E-state index contributed by atoms with van der Waals surface area (Å²) in [6.07, 6.45) is 1.99. The summed E-state index contributed by atoms with van der Waals surface area (Å²) in [6.45, 7) is 1.78. The quantitative estimate of drug-likeness (QED) is 0.708. The van der Waals surface area contributed by atoms with E-state index in [1.54, 1.807) is 12.1 Å². The van der Waals surface area contributed by atoms with Gasteiger partial charge in [-0.1, -0.05) is 6.07 Å². The van der Waals surface area contributed by atoms with E-state index in [4.69, 9.17) is 0 Å². The van der Waals surface area contributed by atoms with Gasteiger partial charge in [-0.2, -0.15) is 0 Å². The first-order valence-electron chi connectivity index (χ1n) is 8.59. The Hall–Kier alpha value is -1.45. The first-order chi connectivity index (χ1) is 12.5. The molecule has 2 N–H and O–H groups in total. The molecule has 1 aromatic heterocycles. The molecule has 1 aliphatic rings. The van der Waals surface area contributed by atoms with Crippen LogP contribution in [0.5, 0.6) is 0 Å². The number of carbonyl (C=O) groups excluding carboxylic acids is 1. The molecule has 0 saturated carbocycles. The summed E-state index contributed by atoms with van der Waals surface area (Å²) in [4.78, 5) is 15.7. The van der Waals surface area contributed by atoms with Crippen LogP contribution in [-0.4, -0.2) is 45.4 Å². The standard InChI is InChI=1S/C18H23N3O3S2.ClH/c1-19-12-15-4-2-10-21(15)18(22)14-6-8-17(9-7-14)26(23,24)20-13-16-5-3-11-25-16;/h3,5-9,11,15,19-20H,2,4,10,12-13H2,1H3;1H. The topological polar surface area (TPSA) is 78.5 Å². The number of likely N-dealkylation sites (N-methyl/N-ethyl adjacent to an activating group) is 1. The number of hydrogen-bond donors (Lipinski definition) is 2. The van der Waals surface area contributed by atoms with Gasteiger partial charge in [0.1, 0.15) is 0 Å². The highest BCUT2D eigenvalue weighted by Gasteiger charge is 2.29. The number of benzene rings is 1. The molecule has 1 unspecified atom stereocenters. The van der Waals surface area contributed by atoms with E-state index in [0.717, 1.165) is 30.8 Å². The van der Waals surface area contributed by atoms with Gasteiger partial charge in [-0.25, -0.2) is 13.1 Å². The molecule has 6 nitrogen and oxygen atoms in total. The number of nitrogens with zero attached hydrogens (tertiary/aromatic N) is 1. The minimum atomic E-state index is -3.60. The number of carbonyl (C=O) groups is 1. The predicted molar refractivity (Wildman–Crippen MR) is 110 cm³/mol. The molecule has 1 aliphatic heterocycles. The predicted octanol–water partition coefficient (Wildman–Crippen LogP) is 2.47. The zero-order valence-electron chi connectivity index (χ0n) is 15.1. The largest absolute Gasteiger partial charge is 0.334 e. The summed E-state index contributed by atoms with van der Waals surface area (Å²) < 4.78 is 27.4. The van der Waals surface area contributed by atoms with Gasteiger partial charge in [0.15, 0.2) is 0 Å². The molecule has 148 valence electrons. The highest BCUT2D eigenvalue weighted by atomic mass is 35.5. The van der Waals surface area contributed by atoms with Gasteiger partial charge >= 0.3 is 0 Å². The Morgan fingerprint density at radius 3 is 2.63 bits per heavy atom. The molecule has 2 aromatic rings. The van der Waals surface area contributed by atoms with E-state index in [1.165, 1.54) is 23.5 Å². The van der Waals surface area contributed by atoms with Crippen LogP contribution in [0.4, 0.5) is 0 Å². The van der Waals surface area contributed by atoms with Crippen LogP contribution in [0.3, 0.4) is 0 Å². The SMILES string of the molecule is CNCC1CCCN1C(=O)c1ccc(S(=O)(=O)NCc2cccs2)cc1.Cl. The smallest absolute Gasteiger partial charge is 0.254 e. The lowest BCUT2D eigenvalue weighted by atomic mass is 10.1. The number of likely N-dealkylation sites (tertiary alicyclic amines) is 1. The van der Waals surface area contributed by atoms with E-state index in [-0.39, 0.29) is 35.8 Å². The lowest BCUT2D eigenvalue weighted by Crippen LogP contribution is -2.40. The van der Waals surface area contributed by atoms with Crippen LogP contribution in [0.1, 0.15) is 28.1 Å². The summed E-state index contributed by atoms with van der Waals surface area (Å²) in [7, 11) is -1.72. The molecule has 1 atom stereocenters. The second-order valence-corrected chi connectivity index (χ2v) is 9.08. The van der Waals surface area contributed by atoms with Crippen LogP contribution in [0.25, 0.3) is 0 Å². The van der Waals surface area contributed by atoms with Crippen molar-refractivity contribution >= 4 is 39.7 Å². The molecule has 3 rings (SSSR count). The van der Waals surface area contributed by atoms with E-state index in [9.17, 15) is 13.2 Å². The fourth-order valence-corrected chi connectivity index (χ4v) is 4.90. The summed E-state index contributed by atoms with van der Waals surface area (Å²) in [5.74, 6) is -0.0433. The normalized spacial score (nSPS) is 16.9. The average Bonchev–Trinajstić information content (AvgIpc) is 3.32. The van der Waals surface area contributed by atoms with Crippen LogP contribution in [-0.2, 0) is 16.6 Å². The van der Waals surface area contributed by atoms with Gasteiger partial charge < -0.3 is 10.2 Å². The van der Waals surface area contributed by atoms with Crippen molar-refractivity contribution in [2.45, 2.75) is 30.3 Å². The number of hydrogen-bond acceptors (Lipinski definition) is 5. The third-order valence-corrected chi connectivity index (χ3v) is 6.80. The Balaban J connectivity index is 0.00000261. The van der Waals surface area contributed by atoms with Crippen LogP contribution >= 0.6 is 23.7 Å². The first kappa shape index (κ1) is 21.8. The van der Waals surface area contributed by atoms with Crippen molar-refractivity contribution in [3.05, 3.63) is 52.2 Å². The summed E-state index contributed by atoms with van der Waals surface area (Å²) >= 11 is 1.50. The van der Waals surface area contributed by atoms with Gasteiger partial charge in [0.25, 0.3) is 5.91 Å². The van der Waals surface area contributed by atoms with E-state index in [1.807, 2.05) is 29.5 Å². The van der Waals surface area contributed by atoms with E-state index >= 15 is 0 Å². The highest BCUT2D eigenvalue weighted by Crippen LogP contribution is 2.21. The molecule has 1 saturated heterocycles. The van der Waals surface area contributed by atoms with Gasteiger partial charge in [0.2, 0.25) is 10.0 Å². The Labute approximate surface area is 170 Å². The lowest BCUT2D eigenvalue weighted by molar-refractivity contribution is 0.0737.